The van der Waals surface area contributed by atoms with Crippen LogP contribution in [0, 0.1) is 4.77 Å². The van der Waals surface area contributed by atoms with Crippen molar-refractivity contribution in [2.75, 3.05) is 18.0 Å². The summed E-state index contributed by atoms with van der Waals surface area (Å²) >= 11 is 18.0. The van der Waals surface area contributed by atoms with Crippen molar-refractivity contribution in [3.05, 3.63) is 57.0 Å². The average Bonchev–Trinajstić information content (AvgIpc) is 3.13. The van der Waals surface area contributed by atoms with Crippen LogP contribution in [0.4, 0.5) is 5.95 Å². The van der Waals surface area contributed by atoms with Gasteiger partial charge >= 0.3 is 0 Å². The fraction of sp³-hybridized carbons (Fsp3) is 0.381. The fourth-order valence-corrected chi connectivity index (χ4v) is 4.50. The molecule has 0 radical (unpaired) electrons. The van der Waals surface area contributed by atoms with Crippen LogP contribution in [-0.2, 0) is 0 Å². The Morgan fingerprint density at radius 2 is 1.93 bits per heavy atom. The molecule has 8 heteroatoms. The molecule has 0 bridgehead atoms. The molecule has 1 atom stereocenters. The normalized spacial score (nSPS) is 15.5. The third-order valence-electron chi connectivity index (χ3n) is 5.38. The topological polar surface area (TPSA) is 49.7 Å². The number of aromatic amines is 1. The van der Waals surface area contributed by atoms with E-state index in [1.165, 1.54) is 19.3 Å². The highest BCUT2D eigenvalue weighted by Gasteiger charge is 2.20. The van der Waals surface area contributed by atoms with Crippen LogP contribution in [0.1, 0.15) is 44.2 Å². The highest BCUT2D eigenvalue weighted by atomic mass is 35.5. The molecule has 5 nitrogen and oxygen atoms in total. The number of aromatic nitrogens is 4. The van der Waals surface area contributed by atoms with Gasteiger partial charge in [0.2, 0.25) is 5.95 Å². The van der Waals surface area contributed by atoms with Gasteiger partial charge < -0.3 is 14.5 Å². The first-order chi connectivity index (χ1) is 14.1. The Morgan fingerprint density at radius 3 is 2.66 bits per heavy atom. The number of hydrogen-bond acceptors (Lipinski definition) is 4. The van der Waals surface area contributed by atoms with E-state index in [4.69, 9.17) is 40.4 Å². The molecule has 1 aliphatic heterocycles. The molecule has 3 heterocycles. The molecule has 0 aliphatic carbocycles. The standard InChI is InChI=1S/C21H23Cl2N5S/c1-2-18(14-6-7-15(22)16(23)12-14)28-19(13-25-21(28)29)17-8-9-24-20(26-17)27-10-4-3-5-11-27/h6-9,12-13,18H,2-5,10-11H2,1H3,(H,25,29). The summed E-state index contributed by atoms with van der Waals surface area (Å²) in [6.45, 7) is 4.14. The fourth-order valence-electron chi connectivity index (χ4n) is 3.91. The Morgan fingerprint density at radius 1 is 1.14 bits per heavy atom. The Bertz CT molecular complexity index is 1060. The number of H-pyrrole nitrogens is 1. The monoisotopic (exact) mass is 447 g/mol. The van der Waals surface area contributed by atoms with E-state index in [9.17, 15) is 0 Å². The Kier molecular flexibility index (Phi) is 6.23. The van der Waals surface area contributed by atoms with Gasteiger partial charge in [-0.3, -0.25) is 0 Å². The van der Waals surface area contributed by atoms with Gasteiger partial charge in [-0.1, -0.05) is 36.2 Å². The minimum atomic E-state index is 0.0203. The number of rotatable bonds is 5. The maximum Gasteiger partial charge on any atom is 0.225 e. The van der Waals surface area contributed by atoms with Crippen LogP contribution in [-0.4, -0.2) is 32.6 Å². The largest absolute Gasteiger partial charge is 0.341 e. The van der Waals surface area contributed by atoms with Crippen molar-refractivity contribution in [3.8, 4) is 11.4 Å². The van der Waals surface area contributed by atoms with Crippen LogP contribution in [0.2, 0.25) is 10.0 Å². The molecule has 152 valence electrons. The molecule has 1 aromatic carbocycles. The number of anilines is 1. The SMILES string of the molecule is CCC(c1ccc(Cl)c(Cl)c1)n1c(-c2ccnc(N3CCCCC3)n2)c[nH]c1=S. The zero-order chi connectivity index (χ0) is 20.4. The van der Waals surface area contributed by atoms with Crippen LogP contribution in [0.15, 0.2) is 36.7 Å². The van der Waals surface area contributed by atoms with Gasteiger partial charge in [-0.2, -0.15) is 0 Å². The molecule has 4 rings (SSSR count). The van der Waals surface area contributed by atoms with Gasteiger partial charge in [0.1, 0.15) is 0 Å². The first-order valence-electron chi connectivity index (χ1n) is 9.91. The Balaban J connectivity index is 1.75. The van der Waals surface area contributed by atoms with E-state index in [0.717, 1.165) is 42.4 Å². The minimum Gasteiger partial charge on any atom is -0.341 e. The van der Waals surface area contributed by atoms with E-state index in [-0.39, 0.29) is 6.04 Å². The third kappa shape index (κ3) is 4.20. The molecular formula is C21H23Cl2N5S. The van der Waals surface area contributed by atoms with Crippen LogP contribution in [0.25, 0.3) is 11.4 Å². The molecule has 0 saturated carbocycles. The molecule has 1 fully saturated rings. The lowest BCUT2D eigenvalue weighted by Gasteiger charge is -2.27. The lowest BCUT2D eigenvalue weighted by atomic mass is 10.0. The van der Waals surface area contributed by atoms with E-state index in [1.54, 1.807) is 0 Å². The van der Waals surface area contributed by atoms with Gasteiger partial charge in [-0.25, -0.2) is 9.97 Å². The summed E-state index contributed by atoms with van der Waals surface area (Å²) in [5.41, 5.74) is 2.85. The predicted molar refractivity (Wildman–Crippen MR) is 122 cm³/mol. The summed E-state index contributed by atoms with van der Waals surface area (Å²) in [6, 6.07) is 7.70. The number of imidazole rings is 1. The van der Waals surface area contributed by atoms with Gasteiger partial charge in [0.15, 0.2) is 4.77 Å². The zero-order valence-corrected chi connectivity index (χ0v) is 18.6. The number of piperidine rings is 1. The number of benzene rings is 1. The van der Waals surface area contributed by atoms with Crippen molar-refractivity contribution in [3.63, 3.8) is 0 Å². The first kappa shape index (κ1) is 20.4. The lowest BCUT2D eigenvalue weighted by molar-refractivity contribution is 0.562. The summed E-state index contributed by atoms with van der Waals surface area (Å²) in [5.74, 6) is 0.781. The summed E-state index contributed by atoms with van der Waals surface area (Å²) in [5, 5.41) is 1.09. The van der Waals surface area contributed by atoms with Gasteiger partial charge in [0.25, 0.3) is 0 Å². The second-order valence-corrected chi connectivity index (χ2v) is 8.44. The Hall–Kier alpha value is -1.89. The third-order valence-corrected chi connectivity index (χ3v) is 6.44. The molecule has 1 N–H and O–H groups in total. The van der Waals surface area contributed by atoms with Gasteiger partial charge in [-0.05, 0) is 61.7 Å². The van der Waals surface area contributed by atoms with Crippen molar-refractivity contribution in [1.82, 2.24) is 19.5 Å². The van der Waals surface area contributed by atoms with Crippen LogP contribution in [0.3, 0.4) is 0 Å². The molecule has 1 aliphatic rings. The number of halogens is 2. The van der Waals surface area contributed by atoms with E-state index in [0.29, 0.717) is 14.8 Å². The van der Waals surface area contributed by atoms with Crippen LogP contribution >= 0.6 is 35.4 Å². The second-order valence-electron chi connectivity index (χ2n) is 7.24. The van der Waals surface area contributed by atoms with Crippen LogP contribution < -0.4 is 4.90 Å². The molecule has 0 amide bonds. The number of hydrogen-bond donors (Lipinski definition) is 1. The highest BCUT2D eigenvalue weighted by Crippen LogP contribution is 2.32. The zero-order valence-electron chi connectivity index (χ0n) is 16.2. The number of nitrogens with zero attached hydrogens (tertiary/aromatic N) is 4. The van der Waals surface area contributed by atoms with E-state index in [2.05, 4.69) is 26.4 Å². The highest BCUT2D eigenvalue weighted by molar-refractivity contribution is 7.71. The van der Waals surface area contributed by atoms with Crippen molar-refractivity contribution in [2.45, 2.75) is 38.6 Å². The molecule has 0 spiro atoms. The summed E-state index contributed by atoms with van der Waals surface area (Å²) in [6.07, 6.45) is 8.24. The maximum atomic E-state index is 6.28. The lowest BCUT2D eigenvalue weighted by Crippen LogP contribution is -2.31. The van der Waals surface area contributed by atoms with E-state index < -0.39 is 0 Å². The van der Waals surface area contributed by atoms with Gasteiger partial charge in [0.05, 0.1) is 27.5 Å². The molecule has 1 unspecified atom stereocenters. The molecule has 2 aromatic heterocycles. The minimum absolute atomic E-state index is 0.0203. The van der Waals surface area contributed by atoms with Crippen molar-refractivity contribution < 1.29 is 0 Å². The molecule has 1 saturated heterocycles. The van der Waals surface area contributed by atoms with Crippen molar-refractivity contribution in [2.24, 2.45) is 0 Å². The van der Waals surface area contributed by atoms with Crippen LogP contribution in [0.5, 0.6) is 0 Å². The maximum absolute atomic E-state index is 6.28. The Labute approximate surface area is 185 Å². The average molecular weight is 448 g/mol. The molecule has 29 heavy (non-hydrogen) atoms. The van der Waals surface area contributed by atoms with E-state index in [1.807, 2.05) is 36.7 Å². The van der Waals surface area contributed by atoms with Crippen molar-refractivity contribution in [1.29, 1.82) is 0 Å². The summed E-state index contributed by atoms with van der Waals surface area (Å²) in [4.78, 5) is 14.8. The molecular weight excluding hydrogens is 425 g/mol. The van der Waals surface area contributed by atoms with Gasteiger partial charge in [-0.15, -0.1) is 0 Å². The van der Waals surface area contributed by atoms with E-state index >= 15 is 0 Å². The first-order valence-corrected chi connectivity index (χ1v) is 11.1. The summed E-state index contributed by atoms with van der Waals surface area (Å²) < 4.78 is 2.76. The summed E-state index contributed by atoms with van der Waals surface area (Å²) in [7, 11) is 0. The number of nitrogens with one attached hydrogen (secondary N) is 1. The molecule has 3 aromatic rings. The van der Waals surface area contributed by atoms with Gasteiger partial charge in [0, 0.05) is 25.5 Å². The second kappa shape index (κ2) is 8.86. The predicted octanol–water partition coefficient (Wildman–Crippen LogP) is 6.30. The smallest absolute Gasteiger partial charge is 0.225 e. The van der Waals surface area contributed by atoms with Crippen molar-refractivity contribution >= 4 is 41.4 Å². The quantitative estimate of drug-likeness (QED) is 0.466.